The molecule has 0 aliphatic heterocycles. The van der Waals surface area contributed by atoms with Crippen molar-refractivity contribution in [3.05, 3.63) is 47.8 Å². The average molecular weight is 324 g/mol. The summed E-state index contributed by atoms with van der Waals surface area (Å²) in [7, 11) is 1.72. The summed E-state index contributed by atoms with van der Waals surface area (Å²) in [5.74, 6) is 0. The van der Waals surface area contributed by atoms with Crippen LogP contribution in [0.15, 0.2) is 36.7 Å². The van der Waals surface area contributed by atoms with Crippen LogP contribution in [-0.4, -0.2) is 27.5 Å². The van der Waals surface area contributed by atoms with Crippen molar-refractivity contribution in [2.75, 3.05) is 11.9 Å². The fourth-order valence-corrected chi connectivity index (χ4v) is 1.98. The smallest absolute Gasteiger partial charge is 0.319 e. The number of carbonyl (C=O) groups excluding carboxylic acids is 1. The molecule has 0 fully saturated rings. The normalized spacial score (nSPS) is 13.7. The molecule has 2 aromatic rings. The van der Waals surface area contributed by atoms with Crippen molar-refractivity contribution in [1.29, 1.82) is 0 Å². The molecule has 0 bridgehead atoms. The van der Waals surface area contributed by atoms with Gasteiger partial charge >= 0.3 is 6.03 Å². The van der Waals surface area contributed by atoms with E-state index in [4.69, 9.17) is 0 Å². The number of aromatic nitrogens is 2. The number of hydrogen-bond acceptors (Lipinski definition) is 3. The molecule has 3 N–H and O–H groups in total. The molecule has 0 saturated carbocycles. The summed E-state index contributed by atoms with van der Waals surface area (Å²) in [5.41, 5.74) is -0.664. The van der Waals surface area contributed by atoms with Gasteiger partial charge in [0, 0.05) is 30.1 Å². The zero-order chi connectivity index (χ0) is 17.0. The van der Waals surface area contributed by atoms with E-state index in [1.165, 1.54) is 30.5 Å². The van der Waals surface area contributed by atoms with Crippen LogP contribution in [0.25, 0.3) is 0 Å². The first kappa shape index (κ1) is 16.9. The predicted molar refractivity (Wildman–Crippen MR) is 81.2 cm³/mol. The third kappa shape index (κ3) is 4.49. The molecule has 0 aliphatic rings. The van der Waals surface area contributed by atoms with Crippen LogP contribution in [0.2, 0.25) is 0 Å². The number of carbonyl (C=O) groups is 1. The van der Waals surface area contributed by atoms with E-state index in [-0.39, 0.29) is 17.8 Å². The van der Waals surface area contributed by atoms with Crippen LogP contribution in [0.5, 0.6) is 0 Å². The molecule has 8 heteroatoms. The highest BCUT2D eigenvalue weighted by molar-refractivity contribution is 5.89. The van der Waals surface area contributed by atoms with Gasteiger partial charge in [-0.1, -0.05) is 12.1 Å². The lowest BCUT2D eigenvalue weighted by Crippen LogP contribution is -2.40. The Bertz CT molecular complexity index is 686. The molecule has 2 rings (SSSR count). The number of alkyl halides is 2. The second-order valence-corrected chi connectivity index (χ2v) is 5.41. The van der Waals surface area contributed by atoms with Crippen LogP contribution in [-0.2, 0) is 12.6 Å². The summed E-state index contributed by atoms with van der Waals surface area (Å²) >= 11 is 0. The number of aryl methyl sites for hydroxylation is 1. The fraction of sp³-hybridized carbons (Fsp3) is 0.333. The molecular formula is C15H18F2N4O2. The van der Waals surface area contributed by atoms with E-state index in [2.05, 4.69) is 15.7 Å². The van der Waals surface area contributed by atoms with Gasteiger partial charge < -0.3 is 15.7 Å². The second kappa shape index (κ2) is 6.74. The SMILES string of the molecule is Cn1cc([C@@](C)(O)CNC(=O)Nc2cccc(C(F)F)c2)cn1. The van der Waals surface area contributed by atoms with Gasteiger partial charge in [0.2, 0.25) is 0 Å². The summed E-state index contributed by atoms with van der Waals surface area (Å²) in [4.78, 5) is 11.8. The number of aliphatic hydroxyl groups is 1. The molecule has 1 aromatic carbocycles. The summed E-state index contributed by atoms with van der Waals surface area (Å²) < 4.78 is 26.8. The van der Waals surface area contributed by atoms with Crippen molar-refractivity contribution in [2.45, 2.75) is 19.0 Å². The van der Waals surface area contributed by atoms with Gasteiger partial charge in [-0.3, -0.25) is 4.68 Å². The van der Waals surface area contributed by atoms with Gasteiger partial charge in [0.05, 0.1) is 12.7 Å². The van der Waals surface area contributed by atoms with Gasteiger partial charge in [-0.25, -0.2) is 13.6 Å². The van der Waals surface area contributed by atoms with Gasteiger partial charge in [-0.2, -0.15) is 5.10 Å². The minimum Gasteiger partial charge on any atom is -0.383 e. The summed E-state index contributed by atoms with van der Waals surface area (Å²) in [6, 6.07) is 4.82. The molecular weight excluding hydrogens is 306 g/mol. The Hall–Kier alpha value is -2.48. The molecule has 0 saturated heterocycles. The third-order valence-electron chi connectivity index (χ3n) is 3.32. The van der Waals surface area contributed by atoms with Crippen molar-refractivity contribution < 1.29 is 18.7 Å². The number of nitrogens with one attached hydrogen (secondary N) is 2. The topological polar surface area (TPSA) is 79.2 Å². The number of amides is 2. The Labute approximate surface area is 132 Å². The molecule has 124 valence electrons. The van der Waals surface area contributed by atoms with Crippen LogP contribution in [0.3, 0.4) is 0 Å². The van der Waals surface area contributed by atoms with Gasteiger partial charge in [0.25, 0.3) is 6.43 Å². The zero-order valence-electron chi connectivity index (χ0n) is 12.8. The lowest BCUT2D eigenvalue weighted by Gasteiger charge is -2.22. The van der Waals surface area contributed by atoms with Crippen LogP contribution in [0.1, 0.15) is 24.5 Å². The van der Waals surface area contributed by atoms with E-state index in [0.29, 0.717) is 5.56 Å². The molecule has 0 unspecified atom stereocenters. The summed E-state index contributed by atoms with van der Waals surface area (Å²) in [6.45, 7) is 1.49. The van der Waals surface area contributed by atoms with E-state index in [9.17, 15) is 18.7 Å². The van der Waals surface area contributed by atoms with E-state index < -0.39 is 18.1 Å². The largest absolute Gasteiger partial charge is 0.383 e. The summed E-state index contributed by atoms with van der Waals surface area (Å²) in [5, 5.41) is 19.3. The molecule has 0 spiro atoms. The van der Waals surface area contributed by atoms with Gasteiger partial charge in [0.1, 0.15) is 5.60 Å². The first-order valence-corrected chi connectivity index (χ1v) is 6.92. The highest BCUT2D eigenvalue weighted by Gasteiger charge is 2.25. The molecule has 0 radical (unpaired) electrons. The molecule has 1 aromatic heterocycles. The molecule has 1 atom stereocenters. The zero-order valence-corrected chi connectivity index (χ0v) is 12.8. The minimum absolute atomic E-state index is 0.0565. The Morgan fingerprint density at radius 1 is 1.48 bits per heavy atom. The number of urea groups is 1. The number of halogens is 2. The number of hydrogen-bond donors (Lipinski definition) is 3. The third-order valence-corrected chi connectivity index (χ3v) is 3.32. The monoisotopic (exact) mass is 324 g/mol. The lowest BCUT2D eigenvalue weighted by molar-refractivity contribution is 0.0599. The maximum atomic E-state index is 12.6. The van der Waals surface area contributed by atoms with E-state index in [1.807, 2.05) is 0 Å². The molecule has 6 nitrogen and oxygen atoms in total. The van der Waals surface area contributed by atoms with Gasteiger partial charge in [0.15, 0.2) is 0 Å². The average Bonchev–Trinajstić information content (AvgIpc) is 2.93. The minimum atomic E-state index is -2.61. The van der Waals surface area contributed by atoms with Crippen molar-refractivity contribution in [3.8, 4) is 0 Å². The maximum absolute atomic E-state index is 12.6. The first-order valence-electron chi connectivity index (χ1n) is 6.92. The Balaban J connectivity index is 1.93. The second-order valence-electron chi connectivity index (χ2n) is 5.41. The molecule has 0 aliphatic carbocycles. The molecule has 2 amide bonds. The van der Waals surface area contributed by atoms with E-state index in [1.54, 1.807) is 24.9 Å². The van der Waals surface area contributed by atoms with Gasteiger partial charge in [-0.15, -0.1) is 0 Å². The predicted octanol–water partition coefficient (Wildman–Crippen LogP) is 2.39. The Morgan fingerprint density at radius 3 is 2.83 bits per heavy atom. The highest BCUT2D eigenvalue weighted by Crippen LogP contribution is 2.22. The van der Waals surface area contributed by atoms with Crippen molar-refractivity contribution >= 4 is 11.7 Å². The number of benzene rings is 1. The molecule has 1 heterocycles. The van der Waals surface area contributed by atoms with Crippen molar-refractivity contribution in [3.63, 3.8) is 0 Å². The van der Waals surface area contributed by atoms with E-state index >= 15 is 0 Å². The Morgan fingerprint density at radius 2 is 2.22 bits per heavy atom. The Kier molecular flexibility index (Phi) is 4.95. The molecule has 23 heavy (non-hydrogen) atoms. The standard InChI is InChI=1S/C15H18F2N4O2/c1-15(23,11-7-19-21(2)8-11)9-18-14(22)20-12-5-3-4-10(6-12)13(16)17/h3-8,13,23H,9H2,1-2H3,(H2,18,20,22)/t15-/m0/s1. The van der Waals surface area contributed by atoms with Crippen LogP contribution < -0.4 is 10.6 Å². The van der Waals surface area contributed by atoms with Crippen LogP contribution in [0.4, 0.5) is 19.3 Å². The summed E-state index contributed by atoms with van der Waals surface area (Å²) in [6.07, 6.45) is 0.545. The van der Waals surface area contributed by atoms with Crippen molar-refractivity contribution in [1.82, 2.24) is 15.1 Å². The number of rotatable bonds is 5. The van der Waals surface area contributed by atoms with Gasteiger partial charge in [-0.05, 0) is 19.1 Å². The fourth-order valence-electron chi connectivity index (χ4n) is 1.98. The maximum Gasteiger partial charge on any atom is 0.319 e. The van der Waals surface area contributed by atoms with Crippen LogP contribution >= 0.6 is 0 Å². The number of nitrogens with zero attached hydrogens (tertiary/aromatic N) is 2. The van der Waals surface area contributed by atoms with Crippen LogP contribution in [0, 0.1) is 0 Å². The quantitative estimate of drug-likeness (QED) is 0.790. The van der Waals surface area contributed by atoms with Crippen molar-refractivity contribution in [2.24, 2.45) is 7.05 Å². The first-order chi connectivity index (χ1) is 10.8. The lowest BCUT2D eigenvalue weighted by atomic mass is 10.00. The van der Waals surface area contributed by atoms with E-state index in [0.717, 1.165) is 0 Å². The number of anilines is 1. The highest BCUT2D eigenvalue weighted by atomic mass is 19.3.